The summed E-state index contributed by atoms with van der Waals surface area (Å²) in [5.41, 5.74) is 1.33. The lowest BCUT2D eigenvalue weighted by molar-refractivity contribution is -0.128. The number of nitrogens with zero attached hydrogens (tertiary/aromatic N) is 3. The summed E-state index contributed by atoms with van der Waals surface area (Å²) in [5, 5.41) is 7.10. The molecule has 1 aromatic carbocycles. The molecule has 0 bridgehead atoms. The van der Waals surface area contributed by atoms with E-state index in [1.165, 1.54) is 0 Å². The number of benzene rings is 1. The fraction of sp³-hybridized carbons (Fsp3) is 0.333. The Labute approximate surface area is 174 Å². The molecule has 27 heavy (non-hydrogen) atoms. The van der Waals surface area contributed by atoms with Gasteiger partial charge in [-0.05, 0) is 59.7 Å². The lowest BCUT2D eigenvalue weighted by atomic mass is 10.1. The Bertz CT molecular complexity index is 893. The Morgan fingerprint density at radius 3 is 2.56 bits per heavy atom. The van der Waals surface area contributed by atoms with E-state index in [2.05, 4.69) is 30.8 Å². The van der Waals surface area contributed by atoms with Crippen molar-refractivity contribution >= 4 is 55.4 Å². The van der Waals surface area contributed by atoms with Gasteiger partial charge in [-0.25, -0.2) is 0 Å². The molecule has 1 aliphatic rings. The van der Waals surface area contributed by atoms with Crippen molar-refractivity contribution in [3.05, 3.63) is 51.1 Å². The number of nitrogens with one attached hydrogen (secondary N) is 1. The molecule has 2 heterocycles. The standard InChI is InChI=1S/C18H18BrClN4O2S/c1-11-16(27-23-22-11)17(25)21-15(18(26)24-9-5-2-6-10-24)14(19)12-7-3-4-8-13(12)20/h3-4,7-8H,2,5-6,9-10H2,1H3,(H,21,25)/b15-14-. The first-order valence-corrected chi connectivity index (χ1v) is 10.5. The minimum atomic E-state index is -0.410. The maximum absolute atomic E-state index is 13.2. The molecule has 0 radical (unpaired) electrons. The second-order valence-electron chi connectivity index (χ2n) is 6.16. The average molecular weight is 470 g/mol. The van der Waals surface area contributed by atoms with Gasteiger partial charge in [0.05, 0.1) is 10.2 Å². The molecule has 1 aliphatic heterocycles. The van der Waals surface area contributed by atoms with Crippen LogP contribution in [0.2, 0.25) is 5.02 Å². The number of aryl methyl sites for hydroxylation is 1. The molecule has 142 valence electrons. The third-order valence-electron chi connectivity index (χ3n) is 4.28. The topological polar surface area (TPSA) is 75.2 Å². The van der Waals surface area contributed by atoms with E-state index < -0.39 is 5.91 Å². The zero-order valence-electron chi connectivity index (χ0n) is 14.7. The van der Waals surface area contributed by atoms with Gasteiger partial charge in [-0.2, -0.15) is 0 Å². The second kappa shape index (κ2) is 8.95. The molecule has 0 unspecified atom stereocenters. The van der Waals surface area contributed by atoms with Crippen LogP contribution in [0, 0.1) is 6.92 Å². The highest BCUT2D eigenvalue weighted by atomic mass is 79.9. The third kappa shape index (κ3) is 4.56. The molecule has 2 aromatic rings. The van der Waals surface area contributed by atoms with Gasteiger partial charge < -0.3 is 10.2 Å². The quantitative estimate of drug-likeness (QED) is 0.687. The van der Waals surface area contributed by atoms with Crippen molar-refractivity contribution in [3.63, 3.8) is 0 Å². The van der Waals surface area contributed by atoms with Crippen LogP contribution in [0.15, 0.2) is 30.0 Å². The molecule has 2 amide bonds. The van der Waals surface area contributed by atoms with Crippen LogP contribution >= 0.6 is 39.1 Å². The summed E-state index contributed by atoms with van der Waals surface area (Å²) in [7, 11) is 0. The molecular weight excluding hydrogens is 452 g/mol. The lowest BCUT2D eigenvalue weighted by Crippen LogP contribution is -2.41. The van der Waals surface area contributed by atoms with Gasteiger partial charge in [-0.3, -0.25) is 9.59 Å². The van der Waals surface area contributed by atoms with Crippen LogP contribution in [0.25, 0.3) is 4.48 Å². The normalized spacial score (nSPS) is 15.3. The van der Waals surface area contributed by atoms with Gasteiger partial charge in [0.1, 0.15) is 10.6 Å². The van der Waals surface area contributed by atoms with E-state index in [1.54, 1.807) is 24.0 Å². The van der Waals surface area contributed by atoms with Gasteiger partial charge in [0.15, 0.2) is 0 Å². The van der Waals surface area contributed by atoms with E-state index in [1.807, 2.05) is 12.1 Å². The van der Waals surface area contributed by atoms with Crippen LogP contribution < -0.4 is 5.32 Å². The van der Waals surface area contributed by atoms with Crippen LogP contribution in [0.3, 0.4) is 0 Å². The Morgan fingerprint density at radius 1 is 1.22 bits per heavy atom. The molecule has 9 heteroatoms. The predicted octanol–water partition coefficient (Wildman–Crippen LogP) is 4.01. The number of likely N-dealkylation sites (tertiary alicyclic amines) is 1. The van der Waals surface area contributed by atoms with Crippen molar-refractivity contribution < 1.29 is 9.59 Å². The van der Waals surface area contributed by atoms with Gasteiger partial charge in [-0.15, -0.1) is 5.10 Å². The van der Waals surface area contributed by atoms with E-state index in [-0.39, 0.29) is 11.6 Å². The third-order valence-corrected chi connectivity index (χ3v) is 6.26. The van der Waals surface area contributed by atoms with Crippen molar-refractivity contribution in [2.24, 2.45) is 0 Å². The summed E-state index contributed by atoms with van der Waals surface area (Å²) in [4.78, 5) is 28.0. The molecule has 1 fully saturated rings. The van der Waals surface area contributed by atoms with E-state index >= 15 is 0 Å². The largest absolute Gasteiger partial charge is 0.337 e. The molecule has 0 aliphatic carbocycles. The first-order chi connectivity index (χ1) is 13.0. The predicted molar refractivity (Wildman–Crippen MR) is 110 cm³/mol. The van der Waals surface area contributed by atoms with Crippen molar-refractivity contribution in [3.8, 4) is 0 Å². The highest BCUT2D eigenvalue weighted by molar-refractivity contribution is 9.15. The number of piperidine rings is 1. The Hall–Kier alpha value is -1.77. The smallest absolute Gasteiger partial charge is 0.271 e. The highest BCUT2D eigenvalue weighted by Gasteiger charge is 2.27. The average Bonchev–Trinajstić information content (AvgIpc) is 3.12. The first-order valence-electron chi connectivity index (χ1n) is 8.53. The number of aromatic nitrogens is 2. The van der Waals surface area contributed by atoms with Gasteiger partial charge in [0, 0.05) is 23.7 Å². The zero-order valence-corrected chi connectivity index (χ0v) is 17.8. The maximum atomic E-state index is 13.2. The first kappa shape index (κ1) is 20.0. The monoisotopic (exact) mass is 468 g/mol. The van der Waals surface area contributed by atoms with Crippen LogP contribution in [-0.2, 0) is 4.79 Å². The summed E-state index contributed by atoms with van der Waals surface area (Å²) in [5.74, 6) is -0.642. The maximum Gasteiger partial charge on any atom is 0.271 e. The lowest BCUT2D eigenvalue weighted by Gasteiger charge is -2.28. The van der Waals surface area contributed by atoms with Gasteiger partial charge in [0.25, 0.3) is 11.8 Å². The molecule has 0 atom stereocenters. The number of hydrogen-bond donors (Lipinski definition) is 1. The number of amides is 2. The van der Waals surface area contributed by atoms with Crippen LogP contribution in [0.5, 0.6) is 0 Å². The minimum absolute atomic E-state index is 0.169. The molecular formula is C18H18BrClN4O2S. The summed E-state index contributed by atoms with van der Waals surface area (Å²) in [6, 6.07) is 7.16. The van der Waals surface area contributed by atoms with E-state index in [0.29, 0.717) is 38.7 Å². The van der Waals surface area contributed by atoms with Crippen molar-refractivity contribution in [2.45, 2.75) is 26.2 Å². The number of halogens is 2. The van der Waals surface area contributed by atoms with Gasteiger partial charge in [-0.1, -0.05) is 34.3 Å². The van der Waals surface area contributed by atoms with Crippen LogP contribution in [-0.4, -0.2) is 39.4 Å². The molecule has 1 saturated heterocycles. The Balaban J connectivity index is 1.99. The van der Waals surface area contributed by atoms with Gasteiger partial charge in [0.2, 0.25) is 0 Å². The van der Waals surface area contributed by atoms with Crippen LogP contribution in [0.4, 0.5) is 0 Å². The summed E-state index contributed by atoms with van der Waals surface area (Å²) >= 11 is 10.8. The molecule has 0 spiro atoms. The number of carbonyl (C=O) groups is 2. The molecule has 6 nitrogen and oxygen atoms in total. The van der Waals surface area contributed by atoms with Crippen LogP contribution in [0.1, 0.15) is 40.2 Å². The second-order valence-corrected chi connectivity index (χ2v) is 8.12. The van der Waals surface area contributed by atoms with Crippen molar-refractivity contribution in [1.82, 2.24) is 19.8 Å². The van der Waals surface area contributed by atoms with Crippen molar-refractivity contribution in [2.75, 3.05) is 13.1 Å². The molecule has 3 rings (SSSR count). The Kier molecular flexibility index (Phi) is 6.62. The SMILES string of the molecule is Cc1nnsc1C(=O)N/C(C(=O)N1CCCCC1)=C(\Br)c1ccccc1Cl. The number of carbonyl (C=O) groups excluding carboxylic acids is 2. The number of rotatable bonds is 4. The Morgan fingerprint density at radius 2 is 1.93 bits per heavy atom. The summed E-state index contributed by atoms with van der Waals surface area (Å²) in [6.45, 7) is 3.04. The number of hydrogen-bond acceptors (Lipinski definition) is 5. The summed E-state index contributed by atoms with van der Waals surface area (Å²) < 4.78 is 4.24. The van der Waals surface area contributed by atoms with Crippen molar-refractivity contribution in [1.29, 1.82) is 0 Å². The molecule has 0 saturated carbocycles. The van der Waals surface area contributed by atoms with E-state index in [4.69, 9.17) is 11.6 Å². The van der Waals surface area contributed by atoms with E-state index in [0.717, 1.165) is 30.8 Å². The van der Waals surface area contributed by atoms with Gasteiger partial charge >= 0.3 is 0 Å². The highest BCUT2D eigenvalue weighted by Crippen LogP contribution is 2.31. The fourth-order valence-electron chi connectivity index (χ4n) is 2.84. The molecule has 1 aromatic heterocycles. The summed E-state index contributed by atoms with van der Waals surface area (Å²) in [6.07, 6.45) is 3.01. The fourth-order valence-corrected chi connectivity index (χ4v) is 4.35. The van der Waals surface area contributed by atoms with E-state index in [9.17, 15) is 9.59 Å². The molecule has 1 N–H and O–H groups in total. The minimum Gasteiger partial charge on any atom is -0.337 e. The zero-order chi connectivity index (χ0) is 19.4.